The van der Waals surface area contributed by atoms with Crippen LogP contribution in [0.2, 0.25) is 0 Å². The van der Waals surface area contributed by atoms with Crippen LogP contribution in [0.3, 0.4) is 0 Å². The Labute approximate surface area is 138 Å². The highest BCUT2D eigenvalue weighted by molar-refractivity contribution is 5.90. The lowest BCUT2D eigenvalue weighted by Gasteiger charge is -2.07. The molecular formula is C15H18N4O5. The third-order valence-electron chi connectivity index (χ3n) is 3.12. The van der Waals surface area contributed by atoms with Gasteiger partial charge in [0.25, 0.3) is 0 Å². The van der Waals surface area contributed by atoms with Gasteiger partial charge in [0, 0.05) is 12.1 Å². The topological polar surface area (TPSA) is 109 Å². The summed E-state index contributed by atoms with van der Waals surface area (Å²) in [6.45, 7) is 2.67. The van der Waals surface area contributed by atoms with Gasteiger partial charge in [0.05, 0.1) is 25.2 Å². The number of nitrogens with one attached hydrogen (secondary N) is 1. The van der Waals surface area contributed by atoms with Gasteiger partial charge in [0.2, 0.25) is 5.91 Å². The van der Waals surface area contributed by atoms with Gasteiger partial charge in [0.1, 0.15) is 11.9 Å². The monoisotopic (exact) mass is 334 g/mol. The molecular weight excluding hydrogens is 316 g/mol. The molecule has 2 rings (SSSR count). The van der Waals surface area contributed by atoms with Gasteiger partial charge in [-0.2, -0.15) is 0 Å². The van der Waals surface area contributed by atoms with E-state index in [1.165, 1.54) is 18.0 Å². The predicted octanol–water partition coefficient (Wildman–Crippen LogP) is 2.23. The lowest BCUT2D eigenvalue weighted by molar-refractivity contribution is -0.385. The fraction of sp³-hybridized carbons (Fsp3) is 0.333. The minimum atomic E-state index is -0.581. The molecule has 0 aliphatic carbocycles. The van der Waals surface area contributed by atoms with Crippen molar-refractivity contribution in [3.63, 3.8) is 0 Å². The van der Waals surface area contributed by atoms with Crippen molar-refractivity contribution >= 4 is 17.3 Å². The van der Waals surface area contributed by atoms with Crippen molar-refractivity contribution in [3.8, 4) is 11.6 Å². The lowest BCUT2D eigenvalue weighted by atomic mass is 10.3. The molecule has 0 bridgehead atoms. The Morgan fingerprint density at radius 2 is 2.08 bits per heavy atom. The van der Waals surface area contributed by atoms with Crippen molar-refractivity contribution < 1.29 is 19.2 Å². The highest BCUT2D eigenvalue weighted by Crippen LogP contribution is 2.24. The lowest BCUT2D eigenvalue weighted by Crippen LogP contribution is -2.14. The van der Waals surface area contributed by atoms with Crippen molar-refractivity contribution in [2.45, 2.75) is 19.9 Å². The number of rotatable bonds is 8. The number of anilines is 1. The van der Waals surface area contributed by atoms with E-state index < -0.39 is 4.92 Å². The summed E-state index contributed by atoms with van der Waals surface area (Å²) < 4.78 is 11.5. The second-order valence-corrected chi connectivity index (χ2v) is 4.80. The average molecular weight is 334 g/mol. The third-order valence-corrected chi connectivity index (χ3v) is 3.12. The number of carbonyl (C=O) groups excluding carboxylic acids is 1. The van der Waals surface area contributed by atoms with Crippen LogP contribution in [0.1, 0.15) is 13.3 Å². The first-order valence-corrected chi connectivity index (χ1v) is 7.32. The van der Waals surface area contributed by atoms with Crippen LogP contribution in [-0.2, 0) is 11.3 Å². The number of methoxy groups -OCH3 is 1. The molecule has 9 nitrogen and oxygen atoms in total. The van der Waals surface area contributed by atoms with Gasteiger partial charge in [-0.1, -0.05) is 0 Å². The summed E-state index contributed by atoms with van der Waals surface area (Å²) in [5.41, 5.74) is 0.414. The Bertz CT molecular complexity index is 711. The summed E-state index contributed by atoms with van der Waals surface area (Å²) in [4.78, 5) is 22.2. The zero-order chi connectivity index (χ0) is 17.5. The maximum Gasteiger partial charge on any atom is 0.350 e. The maximum atomic E-state index is 11.9. The predicted molar refractivity (Wildman–Crippen MR) is 86.3 cm³/mol. The molecule has 1 heterocycles. The molecule has 0 aliphatic heterocycles. The largest absolute Gasteiger partial charge is 0.494 e. The summed E-state index contributed by atoms with van der Waals surface area (Å²) in [6, 6.07) is 7.01. The number of ether oxygens (including phenoxy) is 2. The zero-order valence-corrected chi connectivity index (χ0v) is 13.4. The molecule has 0 saturated carbocycles. The van der Waals surface area contributed by atoms with Crippen molar-refractivity contribution in [2.24, 2.45) is 0 Å². The molecule has 128 valence electrons. The van der Waals surface area contributed by atoms with Crippen LogP contribution in [0.4, 0.5) is 11.4 Å². The Morgan fingerprint density at radius 1 is 1.38 bits per heavy atom. The standard InChI is InChI=1S/C15H18N4O5/c1-3-24-12-6-4-11(5-7-12)16-14(20)8-9-18-10-13(19(21)22)15(17-18)23-2/h4-7,10H,3,8-9H2,1-2H3,(H,16,20). The van der Waals surface area contributed by atoms with Gasteiger partial charge in [-0.25, -0.2) is 0 Å². The molecule has 0 fully saturated rings. The third kappa shape index (κ3) is 4.45. The number of aryl methyl sites for hydroxylation is 1. The quantitative estimate of drug-likeness (QED) is 0.586. The van der Waals surface area contributed by atoms with E-state index in [1.54, 1.807) is 24.3 Å². The first-order valence-electron chi connectivity index (χ1n) is 7.32. The number of benzene rings is 1. The van der Waals surface area contributed by atoms with Gasteiger partial charge in [-0.3, -0.25) is 19.6 Å². The van der Waals surface area contributed by atoms with E-state index in [0.717, 1.165) is 5.75 Å². The molecule has 0 atom stereocenters. The van der Waals surface area contributed by atoms with E-state index in [4.69, 9.17) is 9.47 Å². The number of amides is 1. The van der Waals surface area contributed by atoms with Gasteiger partial charge in [-0.15, -0.1) is 5.10 Å². The van der Waals surface area contributed by atoms with Crippen LogP contribution in [0.15, 0.2) is 30.5 Å². The number of nitrogens with zero attached hydrogens (tertiary/aromatic N) is 3. The second-order valence-electron chi connectivity index (χ2n) is 4.80. The van der Waals surface area contributed by atoms with Gasteiger partial charge in [-0.05, 0) is 31.2 Å². The number of aromatic nitrogens is 2. The minimum Gasteiger partial charge on any atom is -0.494 e. The SMILES string of the molecule is CCOc1ccc(NC(=O)CCn2cc([N+](=O)[O-])c(OC)n2)cc1. The van der Waals surface area contributed by atoms with E-state index in [9.17, 15) is 14.9 Å². The maximum absolute atomic E-state index is 11.9. The molecule has 1 amide bonds. The van der Waals surface area contributed by atoms with E-state index in [0.29, 0.717) is 12.3 Å². The van der Waals surface area contributed by atoms with Crippen LogP contribution in [0, 0.1) is 10.1 Å². The van der Waals surface area contributed by atoms with E-state index in [1.807, 2.05) is 6.92 Å². The van der Waals surface area contributed by atoms with Crippen molar-refractivity contribution in [2.75, 3.05) is 19.0 Å². The Balaban J connectivity index is 1.90. The molecule has 0 saturated heterocycles. The highest BCUT2D eigenvalue weighted by Gasteiger charge is 2.20. The zero-order valence-electron chi connectivity index (χ0n) is 13.4. The fourth-order valence-corrected chi connectivity index (χ4v) is 2.02. The first-order chi connectivity index (χ1) is 11.5. The number of nitro groups is 1. The van der Waals surface area contributed by atoms with Gasteiger partial charge >= 0.3 is 11.6 Å². The Hall–Kier alpha value is -3.10. The van der Waals surface area contributed by atoms with Crippen molar-refractivity contribution in [1.82, 2.24) is 9.78 Å². The van der Waals surface area contributed by atoms with Crippen LogP contribution in [0.5, 0.6) is 11.6 Å². The number of hydrogen-bond acceptors (Lipinski definition) is 6. The molecule has 1 N–H and O–H groups in total. The Morgan fingerprint density at radius 3 is 2.62 bits per heavy atom. The number of carbonyl (C=O) groups is 1. The molecule has 2 aromatic rings. The summed E-state index contributed by atoms with van der Waals surface area (Å²) in [7, 11) is 1.30. The van der Waals surface area contributed by atoms with Gasteiger partial charge < -0.3 is 14.8 Å². The molecule has 0 unspecified atom stereocenters. The summed E-state index contributed by atoms with van der Waals surface area (Å²) in [6.07, 6.45) is 1.36. The van der Waals surface area contributed by atoms with Crippen LogP contribution < -0.4 is 14.8 Å². The average Bonchev–Trinajstić information content (AvgIpc) is 2.99. The van der Waals surface area contributed by atoms with E-state index >= 15 is 0 Å². The van der Waals surface area contributed by atoms with E-state index in [2.05, 4.69) is 10.4 Å². The van der Waals surface area contributed by atoms with Crippen molar-refractivity contribution in [1.29, 1.82) is 0 Å². The summed E-state index contributed by atoms with van der Waals surface area (Å²) in [5.74, 6) is 0.426. The normalized spacial score (nSPS) is 10.2. The van der Waals surface area contributed by atoms with E-state index in [-0.39, 0.29) is 30.4 Å². The van der Waals surface area contributed by atoms with Crippen LogP contribution in [-0.4, -0.2) is 34.3 Å². The summed E-state index contributed by atoms with van der Waals surface area (Å²) >= 11 is 0. The fourth-order valence-electron chi connectivity index (χ4n) is 2.02. The molecule has 0 radical (unpaired) electrons. The molecule has 0 spiro atoms. The highest BCUT2D eigenvalue weighted by atomic mass is 16.6. The second kappa shape index (κ2) is 7.95. The van der Waals surface area contributed by atoms with Crippen LogP contribution >= 0.6 is 0 Å². The summed E-state index contributed by atoms with van der Waals surface area (Å²) in [5, 5.41) is 17.5. The minimum absolute atomic E-state index is 0.0769. The smallest absolute Gasteiger partial charge is 0.350 e. The first kappa shape index (κ1) is 17.3. The molecule has 1 aromatic carbocycles. The van der Waals surface area contributed by atoms with Crippen LogP contribution in [0.25, 0.3) is 0 Å². The Kier molecular flexibility index (Phi) is 5.72. The molecule has 9 heteroatoms. The van der Waals surface area contributed by atoms with Crippen molar-refractivity contribution in [3.05, 3.63) is 40.6 Å². The molecule has 1 aromatic heterocycles. The number of hydrogen-bond donors (Lipinski definition) is 1. The molecule has 0 aliphatic rings. The molecule has 24 heavy (non-hydrogen) atoms. The van der Waals surface area contributed by atoms with Gasteiger partial charge in [0.15, 0.2) is 0 Å².